The van der Waals surface area contributed by atoms with Crippen LogP contribution in [0.15, 0.2) is 54.7 Å². The number of amides is 1. The van der Waals surface area contributed by atoms with Gasteiger partial charge in [-0.1, -0.05) is 13.8 Å². The molecular weight excluding hydrogens is 492 g/mol. The summed E-state index contributed by atoms with van der Waals surface area (Å²) in [4.78, 5) is 18.5. The zero-order valence-corrected chi connectivity index (χ0v) is 22.9. The molecule has 1 fully saturated rings. The third-order valence-electron chi connectivity index (χ3n) is 7.95. The molecule has 0 aromatic carbocycles. The fourth-order valence-electron chi connectivity index (χ4n) is 5.68. The smallest absolute Gasteiger partial charge is 0.223 e. The first-order valence-electron chi connectivity index (χ1n) is 13.5. The van der Waals surface area contributed by atoms with E-state index in [-0.39, 0.29) is 35.8 Å². The van der Waals surface area contributed by atoms with Crippen LogP contribution in [0.4, 0.5) is 0 Å². The summed E-state index contributed by atoms with van der Waals surface area (Å²) >= 11 is 0. The monoisotopic (exact) mass is 528 g/mol. The molecule has 10 heteroatoms. The Morgan fingerprint density at radius 3 is 2.92 bits per heavy atom. The van der Waals surface area contributed by atoms with Gasteiger partial charge in [0.1, 0.15) is 6.07 Å². The molecule has 0 saturated carbocycles. The van der Waals surface area contributed by atoms with E-state index in [1.807, 2.05) is 49.9 Å². The van der Waals surface area contributed by atoms with Gasteiger partial charge in [0.25, 0.3) is 0 Å². The van der Waals surface area contributed by atoms with Crippen LogP contribution in [-0.4, -0.2) is 71.0 Å². The maximum absolute atomic E-state index is 13.4. The van der Waals surface area contributed by atoms with E-state index in [9.17, 15) is 10.1 Å². The van der Waals surface area contributed by atoms with Crippen LogP contribution >= 0.6 is 0 Å². The number of pyridine rings is 1. The molecule has 2 aromatic rings. The summed E-state index contributed by atoms with van der Waals surface area (Å²) in [6.45, 7) is 5.94. The molecule has 0 bridgehead atoms. The molecule has 4 atom stereocenters. The molecule has 3 N–H and O–H groups in total. The van der Waals surface area contributed by atoms with Gasteiger partial charge in [-0.15, -0.1) is 0 Å². The Morgan fingerprint density at radius 2 is 2.21 bits per heavy atom. The van der Waals surface area contributed by atoms with Crippen LogP contribution in [0.25, 0.3) is 5.57 Å². The molecule has 0 spiro atoms. The van der Waals surface area contributed by atoms with Crippen LogP contribution in [0.3, 0.4) is 0 Å². The van der Waals surface area contributed by atoms with E-state index in [0.29, 0.717) is 30.8 Å². The van der Waals surface area contributed by atoms with Gasteiger partial charge in [0.15, 0.2) is 0 Å². The fourth-order valence-corrected chi connectivity index (χ4v) is 5.68. The van der Waals surface area contributed by atoms with E-state index in [0.717, 1.165) is 29.1 Å². The predicted octanol–water partition coefficient (Wildman–Crippen LogP) is 2.85. The van der Waals surface area contributed by atoms with Gasteiger partial charge < -0.3 is 15.4 Å². The van der Waals surface area contributed by atoms with Gasteiger partial charge in [-0.05, 0) is 49.2 Å². The predicted molar refractivity (Wildman–Crippen MR) is 147 cm³/mol. The lowest BCUT2D eigenvalue weighted by molar-refractivity contribution is -0.127. The molecule has 0 aliphatic carbocycles. The van der Waals surface area contributed by atoms with E-state index >= 15 is 0 Å². The van der Waals surface area contributed by atoms with Gasteiger partial charge in [0.05, 0.1) is 41.0 Å². The molecule has 3 aliphatic rings. The largest absolute Gasteiger partial charge is 0.379 e. The maximum atomic E-state index is 13.4. The summed E-state index contributed by atoms with van der Waals surface area (Å²) in [6, 6.07) is 6.07. The zero-order valence-electron chi connectivity index (χ0n) is 22.9. The SMILES string of the molecule is COC(CNC(=O)C1CCNCC1c1nc(C2=CC=CN3C2=CC(c2cn[nH]c2)N3C)ccc1C#N)C(C)C. The minimum absolute atomic E-state index is 0.0191. The summed E-state index contributed by atoms with van der Waals surface area (Å²) in [5, 5.41) is 27.8. The van der Waals surface area contributed by atoms with Crippen LogP contribution in [0.1, 0.15) is 54.7 Å². The van der Waals surface area contributed by atoms with E-state index < -0.39 is 0 Å². The van der Waals surface area contributed by atoms with E-state index in [1.165, 1.54) is 0 Å². The van der Waals surface area contributed by atoms with Crippen molar-refractivity contribution in [1.29, 1.82) is 5.26 Å². The average molecular weight is 529 g/mol. The van der Waals surface area contributed by atoms with Gasteiger partial charge in [0.2, 0.25) is 5.91 Å². The highest BCUT2D eigenvalue weighted by atomic mass is 16.5. The number of piperidine rings is 1. The highest BCUT2D eigenvalue weighted by Gasteiger charge is 2.36. The Balaban J connectivity index is 1.44. The summed E-state index contributed by atoms with van der Waals surface area (Å²) in [5.41, 5.74) is 4.98. The Kier molecular flexibility index (Phi) is 7.93. The number of carbonyl (C=O) groups is 1. The number of methoxy groups -OCH3 is 1. The minimum atomic E-state index is -0.287. The van der Waals surface area contributed by atoms with Crippen LogP contribution < -0.4 is 10.6 Å². The molecule has 2 aromatic heterocycles. The molecule has 1 amide bonds. The van der Waals surface area contributed by atoms with Crippen LogP contribution in [0, 0.1) is 23.2 Å². The first kappa shape index (κ1) is 26.8. The molecule has 5 heterocycles. The highest BCUT2D eigenvalue weighted by molar-refractivity contribution is 5.81. The number of nitriles is 1. The van der Waals surface area contributed by atoms with Gasteiger partial charge in [0, 0.05) is 62.6 Å². The number of fused-ring (bicyclic) bond motifs is 1. The van der Waals surface area contributed by atoms with Crippen molar-refractivity contribution in [3.8, 4) is 6.07 Å². The average Bonchev–Trinajstić information content (AvgIpc) is 3.61. The molecule has 10 nitrogen and oxygen atoms in total. The lowest BCUT2D eigenvalue weighted by atomic mass is 9.81. The van der Waals surface area contributed by atoms with Crippen LogP contribution in [-0.2, 0) is 9.53 Å². The first-order valence-corrected chi connectivity index (χ1v) is 13.5. The van der Waals surface area contributed by atoms with E-state index in [1.54, 1.807) is 7.11 Å². The quantitative estimate of drug-likeness (QED) is 0.478. The number of ether oxygens (including phenoxy) is 1. The van der Waals surface area contributed by atoms with Crippen molar-refractivity contribution in [2.45, 2.75) is 38.3 Å². The number of carbonyl (C=O) groups excluding carboxylic acids is 1. The number of likely N-dealkylation sites (N-methyl/N-ethyl adjacent to an activating group) is 1. The van der Waals surface area contributed by atoms with Gasteiger partial charge in [-0.25, -0.2) is 5.01 Å². The van der Waals surface area contributed by atoms with Crippen molar-refractivity contribution in [2.75, 3.05) is 33.8 Å². The number of hydrogen-bond acceptors (Lipinski definition) is 8. The number of hydrazine groups is 1. The van der Waals surface area contributed by atoms with Gasteiger partial charge in [-0.2, -0.15) is 10.4 Å². The normalized spacial score (nSPS) is 23.7. The van der Waals surface area contributed by atoms with Crippen molar-refractivity contribution in [3.05, 3.63) is 77.2 Å². The Labute approximate surface area is 229 Å². The molecular formula is C29H36N8O2. The third-order valence-corrected chi connectivity index (χ3v) is 7.95. The Morgan fingerprint density at radius 1 is 1.36 bits per heavy atom. The summed E-state index contributed by atoms with van der Waals surface area (Å²) < 4.78 is 5.54. The van der Waals surface area contributed by atoms with Crippen molar-refractivity contribution in [1.82, 2.24) is 35.8 Å². The minimum Gasteiger partial charge on any atom is -0.379 e. The highest BCUT2D eigenvalue weighted by Crippen LogP contribution is 2.41. The molecule has 1 saturated heterocycles. The molecule has 204 valence electrons. The number of nitrogens with zero attached hydrogens (tertiary/aromatic N) is 5. The second-order valence-corrected chi connectivity index (χ2v) is 10.6. The molecule has 0 radical (unpaired) electrons. The molecule has 39 heavy (non-hydrogen) atoms. The van der Waals surface area contributed by atoms with Crippen LogP contribution in [0.2, 0.25) is 0 Å². The fraction of sp³-hybridized carbons (Fsp3) is 0.448. The number of nitrogens with one attached hydrogen (secondary N) is 3. The van der Waals surface area contributed by atoms with Gasteiger partial charge in [-0.3, -0.25) is 19.9 Å². The Hall–Kier alpha value is -3.78. The summed E-state index contributed by atoms with van der Waals surface area (Å²) in [7, 11) is 3.71. The van der Waals surface area contributed by atoms with Crippen molar-refractivity contribution >= 4 is 11.5 Å². The number of rotatable bonds is 8. The number of aromatic amines is 1. The zero-order chi connectivity index (χ0) is 27.5. The maximum Gasteiger partial charge on any atom is 0.223 e. The van der Waals surface area contributed by atoms with Crippen molar-refractivity contribution < 1.29 is 9.53 Å². The van der Waals surface area contributed by atoms with Crippen LogP contribution in [0.5, 0.6) is 0 Å². The number of hydrogen-bond donors (Lipinski definition) is 3. The second kappa shape index (κ2) is 11.5. The van der Waals surface area contributed by atoms with E-state index in [4.69, 9.17) is 9.72 Å². The summed E-state index contributed by atoms with van der Waals surface area (Å²) in [6.07, 6.45) is 12.6. The summed E-state index contributed by atoms with van der Waals surface area (Å²) in [5.74, 6) is -0.237. The topological polar surface area (TPSA) is 122 Å². The van der Waals surface area contributed by atoms with E-state index in [2.05, 4.69) is 56.8 Å². The molecule has 3 aliphatic heterocycles. The standard InChI is InChI=1S/C29H36N8O2/c1-18(2)27(39-4)17-32-29(38)21-9-10-31-16-23(21)28-19(13-30)7-8-24(35-28)22-6-5-11-37-26(22)12-25(36(37)3)20-14-33-34-15-20/h5-8,11-12,14-15,18,21,23,25,27,31H,9-10,16-17H2,1-4H3,(H,32,38)(H,33,34). The first-order chi connectivity index (χ1) is 18.9. The number of H-pyrrole nitrogens is 1. The molecule has 4 unspecified atom stereocenters. The number of allylic oxidation sites excluding steroid dienone is 3. The lowest BCUT2D eigenvalue weighted by Crippen LogP contribution is -2.46. The second-order valence-electron chi connectivity index (χ2n) is 10.6. The molecule has 5 rings (SSSR count). The number of aromatic nitrogens is 3. The lowest BCUT2D eigenvalue weighted by Gasteiger charge is -2.33. The van der Waals surface area contributed by atoms with Gasteiger partial charge >= 0.3 is 0 Å². The third kappa shape index (κ3) is 5.26. The Bertz CT molecular complexity index is 1320. The van der Waals surface area contributed by atoms with Crippen molar-refractivity contribution in [3.63, 3.8) is 0 Å². The van der Waals surface area contributed by atoms with Crippen molar-refractivity contribution in [2.24, 2.45) is 11.8 Å².